The van der Waals surface area contributed by atoms with Crippen LogP contribution in [0.5, 0.6) is 0 Å². The number of nitrogens with zero attached hydrogens (tertiary/aromatic N) is 2. The highest BCUT2D eigenvalue weighted by Crippen LogP contribution is 2.09. The highest BCUT2D eigenvalue weighted by molar-refractivity contribution is 7.09. The standard InChI is InChI=1S/C9H15N3S/c1-3-4-8(10)11-5-9-12-7(2)6-13-9/h6H,3-5H2,1-2H3,(H2,10,11). The number of hydrogen-bond acceptors (Lipinski definition) is 3. The minimum absolute atomic E-state index is 0.629. The van der Waals surface area contributed by atoms with Crippen molar-refractivity contribution in [1.29, 1.82) is 0 Å². The fraction of sp³-hybridized carbons (Fsp3) is 0.556. The van der Waals surface area contributed by atoms with Gasteiger partial charge in [-0.05, 0) is 13.3 Å². The molecule has 0 aliphatic rings. The van der Waals surface area contributed by atoms with Crippen molar-refractivity contribution in [1.82, 2.24) is 4.98 Å². The Labute approximate surface area is 82.7 Å². The van der Waals surface area contributed by atoms with E-state index in [1.807, 2.05) is 12.3 Å². The molecule has 0 unspecified atom stereocenters. The van der Waals surface area contributed by atoms with E-state index in [1.165, 1.54) is 0 Å². The first kappa shape index (κ1) is 10.2. The number of aryl methyl sites for hydroxylation is 1. The molecule has 0 atom stereocenters. The zero-order valence-electron chi connectivity index (χ0n) is 8.08. The van der Waals surface area contributed by atoms with Crippen molar-refractivity contribution in [2.75, 3.05) is 0 Å². The van der Waals surface area contributed by atoms with Gasteiger partial charge in [-0.25, -0.2) is 4.98 Å². The summed E-state index contributed by atoms with van der Waals surface area (Å²) in [6, 6.07) is 0. The van der Waals surface area contributed by atoms with Crippen LogP contribution >= 0.6 is 11.3 Å². The summed E-state index contributed by atoms with van der Waals surface area (Å²) in [7, 11) is 0. The Balaban J connectivity index is 2.46. The summed E-state index contributed by atoms with van der Waals surface area (Å²) >= 11 is 1.64. The SMILES string of the molecule is CCCC(N)=NCc1nc(C)cs1. The monoisotopic (exact) mass is 197 g/mol. The maximum absolute atomic E-state index is 5.67. The minimum Gasteiger partial charge on any atom is -0.387 e. The van der Waals surface area contributed by atoms with Crippen molar-refractivity contribution in [3.8, 4) is 0 Å². The Morgan fingerprint density at radius 3 is 3.00 bits per heavy atom. The molecule has 0 saturated carbocycles. The average molecular weight is 197 g/mol. The van der Waals surface area contributed by atoms with Gasteiger partial charge in [-0.2, -0.15) is 0 Å². The lowest BCUT2D eigenvalue weighted by atomic mass is 10.3. The van der Waals surface area contributed by atoms with Crippen LogP contribution in [0.4, 0.5) is 0 Å². The maximum atomic E-state index is 5.67. The number of aliphatic imine (C=N–C) groups is 1. The summed E-state index contributed by atoms with van der Waals surface area (Å²) in [6.45, 7) is 4.71. The van der Waals surface area contributed by atoms with Crippen molar-refractivity contribution in [3.63, 3.8) is 0 Å². The maximum Gasteiger partial charge on any atom is 0.114 e. The van der Waals surface area contributed by atoms with Crippen molar-refractivity contribution in [2.24, 2.45) is 10.7 Å². The number of aromatic nitrogens is 1. The first-order valence-electron chi connectivity index (χ1n) is 4.42. The van der Waals surface area contributed by atoms with Gasteiger partial charge in [0, 0.05) is 17.5 Å². The van der Waals surface area contributed by atoms with Crippen LogP contribution in [0.1, 0.15) is 30.5 Å². The van der Waals surface area contributed by atoms with E-state index in [1.54, 1.807) is 11.3 Å². The Kier molecular flexibility index (Phi) is 3.89. The molecule has 72 valence electrons. The van der Waals surface area contributed by atoms with Crippen LogP contribution in [0.3, 0.4) is 0 Å². The predicted octanol–water partition coefficient (Wildman–Crippen LogP) is 2.11. The largest absolute Gasteiger partial charge is 0.387 e. The van der Waals surface area contributed by atoms with E-state index >= 15 is 0 Å². The molecule has 1 rings (SSSR count). The van der Waals surface area contributed by atoms with Gasteiger partial charge in [0.15, 0.2) is 0 Å². The third-order valence-corrected chi connectivity index (χ3v) is 2.54. The van der Waals surface area contributed by atoms with E-state index in [0.29, 0.717) is 6.54 Å². The second-order valence-corrected chi connectivity index (χ2v) is 3.88. The minimum atomic E-state index is 0.629. The molecule has 0 spiro atoms. The van der Waals surface area contributed by atoms with Crippen molar-refractivity contribution in [3.05, 3.63) is 16.1 Å². The Morgan fingerprint density at radius 1 is 1.69 bits per heavy atom. The normalized spacial score (nSPS) is 12.0. The number of nitrogens with two attached hydrogens (primary N) is 1. The molecule has 4 heteroatoms. The van der Waals surface area contributed by atoms with E-state index in [4.69, 9.17) is 5.73 Å². The zero-order chi connectivity index (χ0) is 9.68. The topological polar surface area (TPSA) is 51.3 Å². The Morgan fingerprint density at radius 2 is 2.46 bits per heavy atom. The van der Waals surface area contributed by atoms with Gasteiger partial charge in [-0.15, -0.1) is 11.3 Å². The highest BCUT2D eigenvalue weighted by Gasteiger charge is 1.97. The molecule has 0 amide bonds. The number of amidine groups is 1. The molecule has 1 aromatic heterocycles. The fourth-order valence-electron chi connectivity index (χ4n) is 0.980. The fourth-order valence-corrected chi connectivity index (χ4v) is 1.67. The van der Waals surface area contributed by atoms with E-state index in [9.17, 15) is 0 Å². The van der Waals surface area contributed by atoms with E-state index < -0.39 is 0 Å². The quantitative estimate of drug-likeness (QED) is 0.593. The van der Waals surface area contributed by atoms with Crippen molar-refractivity contribution in [2.45, 2.75) is 33.2 Å². The molecule has 13 heavy (non-hydrogen) atoms. The summed E-state index contributed by atoms with van der Waals surface area (Å²) < 4.78 is 0. The molecular formula is C9H15N3S. The van der Waals surface area contributed by atoms with Crippen LogP contribution in [-0.4, -0.2) is 10.8 Å². The summed E-state index contributed by atoms with van der Waals surface area (Å²) in [5, 5.41) is 3.07. The lowest BCUT2D eigenvalue weighted by Gasteiger charge is -1.95. The Bertz CT molecular complexity index is 291. The predicted molar refractivity (Wildman–Crippen MR) is 57.1 cm³/mol. The smallest absolute Gasteiger partial charge is 0.114 e. The second-order valence-electron chi connectivity index (χ2n) is 2.94. The van der Waals surface area contributed by atoms with Crippen LogP contribution in [0.2, 0.25) is 0 Å². The van der Waals surface area contributed by atoms with Gasteiger partial charge in [0.2, 0.25) is 0 Å². The van der Waals surface area contributed by atoms with Gasteiger partial charge in [-0.1, -0.05) is 6.92 Å². The van der Waals surface area contributed by atoms with Gasteiger partial charge >= 0.3 is 0 Å². The van der Waals surface area contributed by atoms with Crippen LogP contribution in [0.25, 0.3) is 0 Å². The Hall–Kier alpha value is -0.900. The molecule has 1 aromatic rings. The highest BCUT2D eigenvalue weighted by atomic mass is 32.1. The van der Waals surface area contributed by atoms with Crippen molar-refractivity contribution < 1.29 is 0 Å². The summed E-state index contributed by atoms with van der Waals surface area (Å²) in [6.07, 6.45) is 1.93. The first-order chi connectivity index (χ1) is 6.22. The van der Waals surface area contributed by atoms with Crippen LogP contribution < -0.4 is 5.73 Å². The molecule has 1 heterocycles. The molecule has 0 aromatic carbocycles. The molecular weight excluding hydrogens is 182 g/mol. The summed E-state index contributed by atoms with van der Waals surface area (Å²) in [5.74, 6) is 0.732. The molecule has 0 aliphatic carbocycles. The zero-order valence-corrected chi connectivity index (χ0v) is 8.90. The van der Waals surface area contributed by atoms with Crippen LogP contribution in [0, 0.1) is 6.92 Å². The molecule has 0 fully saturated rings. The van der Waals surface area contributed by atoms with Crippen molar-refractivity contribution >= 4 is 17.2 Å². The summed E-state index contributed by atoms with van der Waals surface area (Å²) in [5.41, 5.74) is 6.73. The third kappa shape index (κ3) is 3.55. The molecule has 3 nitrogen and oxygen atoms in total. The van der Waals surface area contributed by atoms with Gasteiger partial charge in [0.25, 0.3) is 0 Å². The third-order valence-electron chi connectivity index (χ3n) is 1.59. The van der Waals surface area contributed by atoms with E-state index in [0.717, 1.165) is 29.4 Å². The van der Waals surface area contributed by atoms with Crippen LogP contribution in [-0.2, 0) is 6.54 Å². The van der Waals surface area contributed by atoms with Gasteiger partial charge in [-0.3, -0.25) is 4.99 Å². The molecule has 0 radical (unpaired) electrons. The lowest BCUT2D eigenvalue weighted by Crippen LogP contribution is -2.10. The van der Waals surface area contributed by atoms with Gasteiger partial charge in [0.1, 0.15) is 5.01 Å². The van der Waals surface area contributed by atoms with Gasteiger partial charge < -0.3 is 5.73 Å². The number of rotatable bonds is 4. The molecule has 0 bridgehead atoms. The van der Waals surface area contributed by atoms with E-state index in [-0.39, 0.29) is 0 Å². The molecule has 0 aliphatic heterocycles. The number of hydrogen-bond donors (Lipinski definition) is 1. The van der Waals surface area contributed by atoms with E-state index in [2.05, 4.69) is 16.9 Å². The van der Waals surface area contributed by atoms with Crippen LogP contribution in [0.15, 0.2) is 10.4 Å². The molecule has 2 N–H and O–H groups in total. The number of thiazole rings is 1. The summed E-state index contributed by atoms with van der Waals surface area (Å²) in [4.78, 5) is 8.54. The molecule has 0 saturated heterocycles. The van der Waals surface area contributed by atoms with Gasteiger partial charge in [0.05, 0.1) is 12.4 Å². The second kappa shape index (κ2) is 4.97. The lowest BCUT2D eigenvalue weighted by molar-refractivity contribution is 0.946. The first-order valence-corrected chi connectivity index (χ1v) is 5.30. The average Bonchev–Trinajstić information content (AvgIpc) is 2.49.